The van der Waals surface area contributed by atoms with Gasteiger partial charge < -0.3 is 9.64 Å². The molecule has 0 aliphatic carbocycles. The lowest BCUT2D eigenvalue weighted by Crippen LogP contribution is -2.34. The molecule has 4 heteroatoms. The van der Waals surface area contributed by atoms with Gasteiger partial charge in [0.05, 0.1) is 20.0 Å². The van der Waals surface area contributed by atoms with Crippen LogP contribution in [0.25, 0.3) is 0 Å². The molecule has 0 radical (unpaired) electrons. The van der Waals surface area contributed by atoms with Gasteiger partial charge in [0.15, 0.2) is 0 Å². The van der Waals surface area contributed by atoms with Crippen LogP contribution in [0.3, 0.4) is 0 Å². The molecule has 104 valence electrons. The second-order valence-electron chi connectivity index (χ2n) is 4.40. The molecule has 19 heavy (non-hydrogen) atoms. The summed E-state index contributed by atoms with van der Waals surface area (Å²) in [6.45, 7) is 4.91. The third kappa shape index (κ3) is 4.73. The highest BCUT2D eigenvalue weighted by atomic mass is 16.5. The maximum absolute atomic E-state index is 12.2. The number of esters is 1. The first-order chi connectivity index (χ1) is 9.08. The van der Waals surface area contributed by atoms with E-state index in [2.05, 4.69) is 4.74 Å². The predicted molar refractivity (Wildman–Crippen MR) is 73.8 cm³/mol. The lowest BCUT2D eigenvalue weighted by Gasteiger charge is -2.20. The first-order valence-electron chi connectivity index (χ1n) is 6.47. The molecule has 4 nitrogen and oxygen atoms in total. The average molecular weight is 263 g/mol. The normalized spacial score (nSPS) is 10.1. The number of methoxy groups -OCH3 is 1. The van der Waals surface area contributed by atoms with E-state index in [4.69, 9.17) is 0 Å². The van der Waals surface area contributed by atoms with Gasteiger partial charge in [0.2, 0.25) is 5.91 Å². The number of hydrogen-bond acceptors (Lipinski definition) is 3. The molecule has 0 heterocycles. The van der Waals surface area contributed by atoms with Crippen molar-refractivity contribution >= 4 is 11.9 Å². The molecule has 0 saturated heterocycles. The fraction of sp³-hybridized carbons (Fsp3) is 0.467. The zero-order chi connectivity index (χ0) is 14.3. The number of carbonyl (C=O) groups excluding carboxylic acids is 2. The third-order valence-corrected chi connectivity index (χ3v) is 3.15. The van der Waals surface area contributed by atoms with Crippen LogP contribution in [0.5, 0.6) is 0 Å². The number of rotatable bonds is 6. The molecule has 1 amide bonds. The van der Waals surface area contributed by atoms with E-state index in [9.17, 15) is 9.59 Å². The van der Waals surface area contributed by atoms with Crippen LogP contribution in [0, 0.1) is 6.92 Å². The van der Waals surface area contributed by atoms with Crippen molar-refractivity contribution in [3.05, 3.63) is 35.4 Å². The molecule has 0 atom stereocenters. The Morgan fingerprint density at radius 3 is 2.53 bits per heavy atom. The van der Waals surface area contributed by atoms with E-state index in [1.54, 1.807) is 4.90 Å². The number of hydrogen-bond donors (Lipinski definition) is 0. The van der Waals surface area contributed by atoms with Crippen molar-refractivity contribution in [1.82, 2.24) is 4.90 Å². The number of carbonyl (C=O) groups is 2. The van der Waals surface area contributed by atoms with Crippen molar-refractivity contribution in [2.24, 2.45) is 0 Å². The number of likely N-dealkylation sites (N-methyl/N-ethyl adjacent to an activating group) is 1. The highest BCUT2D eigenvalue weighted by molar-refractivity contribution is 5.79. The largest absolute Gasteiger partial charge is 0.469 e. The van der Waals surface area contributed by atoms with E-state index in [1.165, 1.54) is 7.11 Å². The number of nitrogens with zero attached hydrogens (tertiary/aromatic N) is 1. The summed E-state index contributed by atoms with van der Waals surface area (Å²) in [4.78, 5) is 25.0. The van der Waals surface area contributed by atoms with Gasteiger partial charge in [-0.25, -0.2) is 0 Å². The molecule has 0 aliphatic rings. The van der Waals surface area contributed by atoms with Gasteiger partial charge >= 0.3 is 5.97 Å². The van der Waals surface area contributed by atoms with Crippen molar-refractivity contribution in [1.29, 1.82) is 0 Å². The Morgan fingerprint density at radius 1 is 1.26 bits per heavy atom. The second-order valence-corrected chi connectivity index (χ2v) is 4.40. The molecule has 0 saturated carbocycles. The molecular formula is C15H21NO3. The van der Waals surface area contributed by atoms with Gasteiger partial charge in [-0.1, -0.05) is 24.3 Å². The summed E-state index contributed by atoms with van der Waals surface area (Å²) in [7, 11) is 1.35. The van der Waals surface area contributed by atoms with Gasteiger partial charge in [-0.3, -0.25) is 9.59 Å². The highest BCUT2D eigenvalue weighted by Crippen LogP contribution is 2.09. The maximum atomic E-state index is 12.2. The minimum atomic E-state index is -0.290. The van der Waals surface area contributed by atoms with Crippen molar-refractivity contribution in [3.63, 3.8) is 0 Å². The van der Waals surface area contributed by atoms with Crippen LogP contribution in [-0.2, 0) is 20.7 Å². The van der Waals surface area contributed by atoms with Crippen molar-refractivity contribution in [2.45, 2.75) is 26.7 Å². The summed E-state index contributed by atoms with van der Waals surface area (Å²) in [5, 5.41) is 0. The third-order valence-electron chi connectivity index (χ3n) is 3.15. The first kappa shape index (κ1) is 15.2. The van der Waals surface area contributed by atoms with Gasteiger partial charge in [0.1, 0.15) is 0 Å². The zero-order valence-corrected chi connectivity index (χ0v) is 11.8. The molecule has 0 aromatic heterocycles. The molecule has 0 spiro atoms. The van der Waals surface area contributed by atoms with Crippen LogP contribution in [0.1, 0.15) is 24.5 Å². The summed E-state index contributed by atoms with van der Waals surface area (Å²) in [5.41, 5.74) is 2.14. The lowest BCUT2D eigenvalue weighted by molar-refractivity contribution is -0.141. The predicted octanol–water partition coefficient (Wildman–Crippen LogP) is 1.95. The van der Waals surface area contributed by atoms with Crippen LogP contribution in [0.4, 0.5) is 0 Å². The smallest absolute Gasteiger partial charge is 0.307 e. The fourth-order valence-electron chi connectivity index (χ4n) is 1.87. The average Bonchev–Trinajstić information content (AvgIpc) is 2.41. The molecule has 1 aromatic rings. The topological polar surface area (TPSA) is 46.6 Å². The standard InChI is InChI=1S/C15H21NO3/c1-4-16(10-9-15(18)19-3)14(17)11-13-8-6-5-7-12(13)2/h5-8H,4,9-11H2,1-3H3. The van der Waals surface area contributed by atoms with E-state index in [-0.39, 0.29) is 18.3 Å². The summed E-state index contributed by atoms with van der Waals surface area (Å²) < 4.78 is 4.59. The Morgan fingerprint density at radius 2 is 1.95 bits per heavy atom. The summed E-state index contributed by atoms with van der Waals surface area (Å²) in [6, 6.07) is 7.84. The van der Waals surface area contributed by atoms with E-state index < -0.39 is 0 Å². The molecular weight excluding hydrogens is 242 g/mol. The fourth-order valence-corrected chi connectivity index (χ4v) is 1.87. The van der Waals surface area contributed by atoms with Gasteiger partial charge in [-0.15, -0.1) is 0 Å². The lowest BCUT2D eigenvalue weighted by atomic mass is 10.1. The Labute approximate surface area is 114 Å². The Balaban J connectivity index is 2.59. The van der Waals surface area contributed by atoms with Gasteiger partial charge in [0.25, 0.3) is 0 Å². The Kier molecular flexibility index (Phi) is 6.06. The first-order valence-corrected chi connectivity index (χ1v) is 6.47. The quantitative estimate of drug-likeness (QED) is 0.737. The minimum absolute atomic E-state index is 0.0423. The Bertz CT molecular complexity index is 443. The maximum Gasteiger partial charge on any atom is 0.307 e. The van der Waals surface area contributed by atoms with Crippen molar-refractivity contribution in [3.8, 4) is 0 Å². The number of aryl methyl sites for hydroxylation is 1. The van der Waals surface area contributed by atoms with Crippen molar-refractivity contribution in [2.75, 3.05) is 20.2 Å². The molecule has 0 aliphatic heterocycles. The van der Waals surface area contributed by atoms with Crippen LogP contribution in [0.15, 0.2) is 24.3 Å². The van der Waals surface area contributed by atoms with Gasteiger partial charge in [-0.2, -0.15) is 0 Å². The van der Waals surface area contributed by atoms with E-state index in [0.717, 1.165) is 11.1 Å². The zero-order valence-electron chi connectivity index (χ0n) is 11.8. The van der Waals surface area contributed by atoms with E-state index in [0.29, 0.717) is 19.5 Å². The van der Waals surface area contributed by atoms with Crippen LogP contribution < -0.4 is 0 Å². The highest BCUT2D eigenvalue weighted by Gasteiger charge is 2.14. The second kappa shape index (κ2) is 7.56. The van der Waals surface area contributed by atoms with Gasteiger partial charge in [-0.05, 0) is 25.0 Å². The van der Waals surface area contributed by atoms with Crippen LogP contribution in [0.2, 0.25) is 0 Å². The van der Waals surface area contributed by atoms with Crippen LogP contribution in [-0.4, -0.2) is 37.0 Å². The van der Waals surface area contributed by atoms with E-state index in [1.807, 2.05) is 38.1 Å². The molecule has 1 rings (SSSR count). The monoisotopic (exact) mass is 263 g/mol. The summed E-state index contributed by atoms with van der Waals surface area (Å²) >= 11 is 0. The van der Waals surface area contributed by atoms with Crippen molar-refractivity contribution < 1.29 is 14.3 Å². The summed E-state index contributed by atoms with van der Waals surface area (Å²) in [5.74, 6) is -0.247. The summed E-state index contributed by atoms with van der Waals surface area (Å²) in [6.07, 6.45) is 0.617. The van der Waals surface area contributed by atoms with Crippen LogP contribution >= 0.6 is 0 Å². The van der Waals surface area contributed by atoms with Gasteiger partial charge in [0, 0.05) is 13.1 Å². The number of ether oxygens (including phenoxy) is 1. The van der Waals surface area contributed by atoms with E-state index >= 15 is 0 Å². The molecule has 0 fully saturated rings. The minimum Gasteiger partial charge on any atom is -0.469 e. The molecule has 0 unspecified atom stereocenters. The number of amides is 1. The molecule has 0 bridgehead atoms. The molecule has 1 aromatic carbocycles. The SMILES string of the molecule is CCN(CCC(=O)OC)C(=O)Cc1ccccc1C. The Hall–Kier alpha value is -1.84. The number of benzene rings is 1. The molecule has 0 N–H and O–H groups in total.